The van der Waals surface area contributed by atoms with E-state index in [9.17, 15) is 0 Å². The third-order valence-electron chi connectivity index (χ3n) is 3.75. The van der Waals surface area contributed by atoms with Crippen LogP contribution in [0.1, 0.15) is 20.8 Å². The van der Waals surface area contributed by atoms with Crippen molar-refractivity contribution in [3.05, 3.63) is 10.9 Å². The van der Waals surface area contributed by atoms with Crippen LogP contribution < -0.4 is 0 Å². The minimum Gasteiger partial charge on any atom is -0.127 e. The first-order valence-corrected chi connectivity index (χ1v) is 17.5. The van der Waals surface area contributed by atoms with Gasteiger partial charge in [-0.1, -0.05) is 89.8 Å². The molecule has 0 rings (SSSR count). The molecule has 0 saturated heterocycles. The molecule has 0 amide bonds. The minimum atomic E-state index is -1.31. The first-order valence-electron chi connectivity index (χ1n) is 7.76. The van der Waals surface area contributed by atoms with Crippen molar-refractivity contribution in [2.24, 2.45) is 0 Å². The molecular formula is C16H34Si3. The van der Waals surface area contributed by atoms with Gasteiger partial charge in [0.05, 0.1) is 16.1 Å². The van der Waals surface area contributed by atoms with Crippen LogP contribution in [-0.4, -0.2) is 24.2 Å². The molecule has 3 heteroatoms. The van der Waals surface area contributed by atoms with Gasteiger partial charge in [-0.25, -0.2) is 0 Å². The smallest absolute Gasteiger partial charge is 0.127 e. The highest BCUT2D eigenvalue weighted by molar-refractivity contribution is 6.91. The van der Waals surface area contributed by atoms with E-state index in [1.54, 1.807) is 5.20 Å². The second kappa shape index (κ2) is 7.10. The lowest BCUT2D eigenvalue weighted by Gasteiger charge is -2.30. The highest BCUT2D eigenvalue weighted by Gasteiger charge is 2.32. The second-order valence-electron chi connectivity index (χ2n) is 7.77. The summed E-state index contributed by atoms with van der Waals surface area (Å²) in [6.45, 7) is 21.5. The van der Waals surface area contributed by atoms with Gasteiger partial charge in [0.25, 0.3) is 0 Å². The van der Waals surface area contributed by atoms with Crippen LogP contribution in [0, 0.1) is 11.5 Å². The van der Waals surface area contributed by atoms with Crippen molar-refractivity contribution < 1.29 is 0 Å². The Kier molecular flexibility index (Phi) is 7.08. The average molecular weight is 311 g/mol. The van der Waals surface area contributed by atoms with E-state index in [1.165, 1.54) is 18.1 Å². The van der Waals surface area contributed by atoms with Crippen molar-refractivity contribution in [3.63, 3.8) is 0 Å². The van der Waals surface area contributed by atoms with Gasteiger partial charge >= 0.3 is 0 Å². The molecule has 0 N–H and O–H groups in total. The molecule has 0 atom stereocenters. The molecule has 0 fully saturated rings. The molecule has 0 bridgehead atoms. The van der Waals surface area contributed by atoms with Gasteiger partial charge in [0.2, 0.25) is 0 Å². The van der Waals surface area contributed by atoms with Gasteiger partial charge in [0.15, 0.2) is 0 Å². The van der Waals surface area contributed by atoms with E-state index < -0.39 is 24.2 Å². The maximum atomic E-state index is 3.68. The first-order chi connectivity index (χ1) is 8.49. The second-order valence-corrected chi connectivity index (χ2v) is 22.8. The molecule has 0 spiro atoms. The van der Waals surface area contributed by atoms with Crippen molar-refractivity contribution in [2.75, 3.05) is 0 Å². The predicted octanol–water partition coefficient (Wildman–Crippen LogP) is 5.72. The van der Waals surface area contributed by atoms with E-state index >= 15 is 0 Å². The Morgan fingerprint density at radius 1 is 0.842 bits per heavy atom. The Morgan fingerprint density at radius 3 is 1.53 bits per heavy atom. The zero-order chi connectivity index (χ0) is 15.3. The molecule has 0 aromatic carbocycles. The van der Waals surface area contributed by atoms with Crippen molar-refractivity contribution in [3.8, 4) is 11.5 Å². The fourth-order valence-electron chi connectivity index (χ4n) is 2.33. The van der Waals surface area contributed by atoms with E-state index in [0.29, 0.717) is 0 Å². The lowest BCUT2D eigenvalue weighted by molar-refractivity contribution is 1.18. The quantitative estimate of drug-likeness (QED) is 0.450. The summed E-state index contributed by atoms with van der Waals surface area (Å²) in [4.78, 5) is 0. The average Bonchev–Trinajstić information content (AvgIpc) is 2.26. The van der Waals surface area contributed by atoms with Crippen LogP contribution in [0.15, 0.2) is 10.9 Å². The molecule has 0 aliphatic heterocycles. The lowest BCUT2D eigenvalue weighted by Crippen LogP contribution is -2.36. The number of allylic oxidation sites excluding steroid dienone is 1. The Hall–Kier alpha value is -0.0494. The molecule has 0 radical (unpaired) electrons. The number of hydrogen-bond acceptors (Lipinski definition) is 0. The number of rotatable bonds is 5. The molecule has 0 aliphatic carbocycles. The van der Waals surface area contributed by atoms with Crippen LogP contribution in [0.3, 0.4) is 0 Å². The molecule has 0 aromatic rings. The van der Waals surface area contributed by atoms with Crippen LogP contribution in [0.25, 0.3) is 0 Å². The molecule has 0 saturated carbocycles. The summed E-state index contributed by atoms with van der Waals surface area (Å²) < 4.78 is 0. The molecule has 19 heavy (non-hydrogen) atoms. The predicted molar refractivity (Wildman–Crippen MR) is 99.7 cm³/mol. The Labute approximate surface area is 125 Å². The van der Waals surface area contributed by atoms with Crippen molar-refractivity contribution in [1.82, 2.24) is 0 Å². The SMILES string of the molecule is CC[Si](CC)(CC)/C(C#C[Si](C)(C)C)=C/[Si](C)(C)C. The van der Waals surface area contributed by atoms with Crippen LogP contribution in [0.4, 0.5) is 0 Å². The third-order valence-corrected chi connectivity index (χ3v) is 11.5. The highest BCUT2D eigenvalue weighted by atomic mass is 28.3. The van der Waals surface area contributed by atoms with E-state index in [0.717, 1.165) is 0 Å². The summed E-state index contributed by atoms with van der Waals surface area (Å²) in [7, 11) is -3.78. The van der Waals surface area contributed by atoms with Crippen LogP contribution in [0.2, 0.25) is 57.4 Å². The van der Waals surface area contributed by atoms with E-state index in [4.69, 9.17) is 0 Å². The summed E-state index contributed by atoms with van der Waals surface area (Å²) in [5, 5.41) is 1.58. The van der Waals surface area contributed by atoms with Gasteiger partial charge in [0.1, 0.15) is 8.07 Å². The monoisotopic (exact) mass is 310 g/mol. The largest absolute Gasteiger partial charge is 0.129 e. The highest BCUT2D eigenvalue weighted by Crippen LogP contribution is 2.29. The fraction of sp³-hybridized carbons (Fsp3) is 0.750. The van der Waals surface area contributed by atoms with Gasteiger partial charge < -0.3 is 0 Å². The van der Waals surface area contributed by atoms with Crippen LogP contribution in [0.5, 0.6) is 0 Å². The van der Waals surface area contributed by atoms with Crippen molar-refractivity contribution in [2.45, 2.75) is 78.2 Å². The minimum absolute atomic E-state index is 1.19. The molecule has 0 nitrogen and oxygen atoms in total. The van der Waals surface area contributed by atoms with E-state index in [-0.39, 0.29) is 0 Å². The van der Waals surface area contributed by atoms with Gasteiger partial charge in [0, 0.05) is 0 Å². The maximum Gasteiger partial charge on any atom is 0.129 e. The summed E-state index contributed by atoms with van der Waals surface area (Å²) in [5.41, 5.74) is 6.24. The zero-order valence-electron chi connectivity index (χ0n) is 14.7. The Bertz CT molecular complexity index is 357. The molecule has 0 heterocycles. The van der Waals surface area contributed by atoms with Crippen LogP contribution >= 0.6 is 0 Å². The Morgan fingerprint density at radius 2 is 1.26 bits per heavy atom. The maximum absolute atomic E-state index is 3.68. The summed E-state index contributed by atoms with van der Waals surface area (Å²) in [6.07, 6.45) is 0. The lowest BCUT2D eigenvalue weighted by atomic mass is 10.6. The number of hydrogen-bond donors (Lipinski definition) is 0. The normalized spacial score (nSPS) is 14.1. The van der Waals surface area contributed by atoms with Gasteiger partial charge in [-0.2, -0.15) is 0 Å². The van der Waals surface area contributed by atoms with Crippen molar-refractivity contribution >= 4 is 24.2 Å². The van der Waals surface area contributed by atoms with Gasteiger partial charge in [-0.3, -0.25) is 0 Å². The Balaban J connectivity index is 5.78. The molecule has 0 aromatic heterocycles. The fourth-order valence-corrected chi connectivity index (χ4v) is 9.40. The summed E-state index contributed by atoms with van der Waals surface area (Å²) in [6, 6.07) is 4.03. The molecule has 0 aliphatic rings. The molecular weight excluding hydrogens is 276 g/mol. The summed E-state index contributed by atoms with van der Waals surface area (Å²) in [5.74, 6) is 3.68. The standard InChI is InChI=1S/C16H34Si3/c1-10-19(11-2,12-3)16(15-18(7,8)9)13-14-17(4,5)6/h15H,10-12H2,1-9H3/b16-15+. The van der Waals surface area contributed by atoms with Crippen molar-refractivity contribution in [1.29, 1.82) is 0 Å². The van der Waals surface area contributed by atoms with E-state index in [1.807, 2.05) is 0 Å². The third kappa shape index (κ3) is 6.78. The first kappa shape index (κ1) is 19.0. The molecule has 110 valence electrons. The van der Waals surface area contributed by atoms with Crippen LogP contribution in [-0.2, 0) is 0 Å². The topological polar surface area (TPSA) is 0 Å². The van der Waals surface area contributed by atoms with E-state index in [2.05, 4.69) is 77.2 Å². The molecule has 0 unspecified atom stereocenters. The zero-order valence-corrected chi connectivity index (χ0v) is 17.7. The summed E-state index contributed by atoms with van der Waals surface area (Å²) >= 11 is 0. The van der Waals surface area contributed by atoms with Gasteiger partial charge in [-0.15, -0.1) is 5.54 Å². The van der Waals surface area contributed by atoms with Gasteiger partial charge in [-0.05, 0) is 5.20 Å².